The van der Waals surface area contributed by atoms with Crippen molar-refractivity contribution in [1.82, 2.24) is 10.2 Å². The fourth-order valence-electron chi connectivity index (χ4n) is 2.37. The van der Waals surface area contributed by atoms with Crippen molar-refractivity contribution in [3.05, 3.63) is 28.8 Å². The fraction of sp³-hybridized carbons (Fsp3) is 0.429. The van der Waals surface area contributed by atoms with Crippen LogP contribution in [0.25, 0.3) is 0 Å². The van der Waals surface area contributed by atoms with E-state index in [4.69, 9.17) is 29.6 Å². The highest BCUT2D eigenvalue weighted by Crippen LogP contribution is 2.23. The molecule has 0 saturated carbocycles. The molecule has 1 aromatic carbocycles. The lowest BCUT2D eigenvalue weighted by Crippen LogP contribution is -2.46. The number of nitrogens with two attached hydrogens (primary N) is 1. The van der Waals surface area contributed by atoms with E-state index in [9.17, 15) is 9.90 Å². The molecular weight excluding hydrogens is 310 g/mol. The molecule has 1 saturated heterocycles. The number of nitrogens with zero attached hydrogens (tertiary/aromatic N) is 1. The number of carbonyl (C=O) groups excluding carboxylic acids is 1. The van der Waals surface area contributed by atoms with Gasteiger partial charge in [0.05, 0.1) is 10.0 Å². The van der Waals surface area contributed by atoms with Crippen molar-refractivity contribution >= 4 is 34.7 Å². The van der Waals surface area contributed by atoms with Crippen molar-refractivity contribution < 1.29 is 9.90 Å². The van der Waals surface area contributed by atoms with Crippen LogP contribution in [0.4, 0.5) is 0 Å². The van der Waals surface area contributed by atoms with Crippen LogP contribution in [0.1, 0.15) is 23.2 Å². The maximum absolute atomic E-state index is 12.1. The standard InChI is InChI=1S/C14H18ClN3O2S/c15-11-7-9(1-2-12(11)19)14(20)17-10-3-5-18(6-4-10)8-13(16)21/h1-2,7,10,19H,3-6,8H2,(H2,16,21)(H,17,20). The summed E-state index contributed by atoms with van der Waals surface area (Å²) in [6, 6.07) is 4.57. The zero-order valence-corrected chi connectivity index (χ0v) is 13.1. The molecule has 1 aliphatic rings. The SMILES string of the molecule is NC(=S)CN1CCC(NC(=O)c2ccc(O)c(Cl)c2)CC1. The van der Waals surface area contributed by atoms with Gasteiger partial charge in [0.25, 0.3) is 5.91 Å². The molecule has 1 aliphatic heterocycles. The quantitative estimate of drug-likeness (QED) is 0.731. The van der Waals surface area contributed by atoms with E-state index in [-0.39, 0.29) is 22.7 Å². The van der Waals surface area contributed by atoms with Gasteiger partial charge in [0, 0.05) is 31.2 Å². The number of likely N-dealkylation sites (tertiary alicyclic amines) is 1. The van der Waals surface area contributed by atoms with Gasteiger partial charge in [-0.25, -0.2) is 0 Å². The van der Waals surface area contributed by atoms with Crippen LogP contribution in [0.2, 0.25) is 5.02 Å². The Balaban J connectivity index is 1.86. The van der Waals surface area contributed by atoms with Crippen LogP contribution in [0.5, 0.6) is 5.75 Å². The van der Waals surface area contributed by atoms with Gasteiger partial charge in [0.1, 0.15) is 5.75 Å². The first kappa shape index (κ1) is 16.0. The summed E-state index contributed by atoms with van der Waals surface area (Å²) in [6.07, 6.45) is 1.72. The normalized spacial score (nSPS) is 16.6. The molecule has 114 valence electrons. The van der Waals surface area contributed by atoms with Gasteiger partial charge in [-0.15, -0.1) is 0 Å². The number of hydrogen-bond donors (Lipinski definition) is 3. The zero-order chi connectivity index (χ0) is 15.4. The number of hydrogen-bond acceptors (Lipinski definition) is 4. The summed E-state index contributed by atoms with van der Waals surface area (Å²) in [5.41, 5.74) is 5.98. The molecule has 0 bridgehead atoms. The molecule has 1 aromatic rings. The third-order valence-electron chi connectivity index (χ3n) is 3.51. The number of amides is 1. The van der Waals surface area contributed by atoms with Crippen molar-refractivity contribution in [2.24, 2.45) is 5.73 Å². The summed E-state index contributed by atoms with van der Waals surface area (Å²) < 4.78 is 0. The minimum absolute atomic E-state index is 0.0284. The first-order valence-electron chi connectivity index (χ1n) is 6.75. The topological polar surface area (TPSA) is 78.6 Å². The van der Waals surface area contributed by atoms with Crippen LogP contribution < -0.4 is 11.1 Å². The van der Waals surface area contributed by atoms with E-state index in [0.717, 1.165) is 25.9 Å². The third kappa shape index (κ3) is 4.56. The van der Waals surface area contributed by atoms with Crippen LogP contribution in [-0.2, 0) is 0 Å². The van der Waals surface area contributed by atoms with E-state index in [1.165, 1.54) is 12.1 Å². The number of benzene rings is 1. The Hall–Kier alpha value is -1.37. The van der Waals surface area contributed by atoms with Gasteiger partial charge in [-0.1, -0.05) is 23.8 Å². The second-order valence-electron chi connectivity index (χ2n) is 5.16. The largest absolute Gasteiger partial charge is 0.506 e. The molecule has 0 radical (unpaired) electrons. The van der Waals surface area contributed by atoms with Crippen molar-refractivity contribution in [3.8, 4) is 5.75 Å². The molecule has 0 unspecified atom stereocenters. The summed E-state index contributed by atoms with van der Waals surface area (Å²) in [5.74, 6) is -0.205. The van der Waals surface area contributed by atoms with Crippen LogP contribution in [0.15, 0.2) is 18.2 Å². The average molecular weight is 328 g/mol. The summed E-state index contributed by atoms with van der Waals surface area (Å²) in [6.45, 7) is 2.35. The van der Waals surface area contributed by atoms with Crippen LogP contribution in [0.3, 0.4) is 0 Å². The number of nitrogens with one attached hydrogen (secondary N) is 1. The number of rotatable bonds is 4. The molecule has 1 heterocycles. The second kappa shape index (κ2) is 7.06. The molecule has 21 heavy (non-hydrogen) atoms. The van der Waals surface area contributed by atoms with Crippen LogP contribution in [-0.4, -0.2) is 46.6 Å². The second-order valence-corrected chi connectivity index (χ2v) is 6.09. The Bertz CT molecular complexity index is 545. The first-order valence-corrected chi connectivity index (χ1v) is 7.54. The maximum atomic E-state index is 12.1. The molecule has 0 aromatic heterocycles. The van der Waals surface area contributed by atoms with Crippen LogP contribution in [0, 0.1) is 0 Å². The Labute approximate surface area is 134 Å². The van der Waals surface area contributed by atoms with E-state index >= 15 is 0 Å². The lowest BCUT2D eigenvalue weighted by molar-refractivity contribution is 0.0915. The fourth-order valence-corrected chi connectivity index (χ4v) is 2.74. The molecule has 7 heteroatoms. The molecule has 0 atom stereocenters. The molecular formula is C14H18ClN3O2S. The number of phenols is 1. The molecule has 1 amide bonds. The predicted octanol–water partition coefficient (Wildman–Crippen LogP) is 1.53. The van der Waals surface area contributed by atoms with E-state index in [1.54, 1.807) is 6.07 Å². The van der Waals surface area contributed by atoms with Gasteiger partial charge in [0.15, 0.2) is 0 Å². The maximum Gasteiger partial charge on any atom is 0.251 e. The Morgan fingerprint density at radius 1 is 1.48 bits per heavy atom. The summed E-state index contributed by atoms with van der Waals surface area (Å²) in [7, 11) is 0. The number of carbonyl (C=O) groups is 1. The van der Waals surface area contributed by atoms with Crippen molar-refractivity contribution in [1.29, 1.82) is 0 Å². The monoisotopic (exact) mass is 327 g/mol. The van der Waals surface area contributed by atoms with Gasteiger partial charge in [0.2, 0.25) is 0 Å². The first-order chi connectivity index (χ1) is 9.95. The summed E-state index contributed by atoms with van der Waals surface area (Å²) in [5, 5.41) is 12.5. The Kier molecular flexibility index (Phi) is 5.39. The average Bonchev–Trinajstić information content (AvgIpc) is 2.43. The number of phenolic OH excluding ortho intramolecular Hbond substituents is 1. The zero-order valence-electron chi connectivity index (χ0n) is 11.5. The number of halogens is 1. The predicted molar refractivity (Wildman–Crippen MR) is 86.8 cm³/mol. The highest BCUT2D eigenvalue weighted by atomic mass is 35.5. The number of piperidine rings is 1. The van der Waals surface area contributed by atoms with E-state index in [1.807, 2.05) is 0 Å². The third-order valence-corrected chi connectivity index (χ3v) is 3.94. The van der Waals surface area contributed by atoms with E-state index in [0.29, 0.717) is 17.1 Å². The minimum Gasteiger partial charge on any atom is -0.506 e. The van der Waals surface area contributed by atoms with Gasteiger partial charge in [-0.2, -0.15) is 0 Å². The lowest BCUT2D eigenvalue weighted by Gasteiger charge is -2.31. The highest BCUT2D eigenvalue weighted by molar-refractivity contribution is 7.80. The van der Waals surface area contributed by atoms with Gasteiger partial charge in [-0.05, 0) is 31.0 Å². The lowest BCUT2D eigenvalue weighted by atomic mass is 10.0. The minimum atomic E-state index is -0.176. The Morgan fingerprint density at radius 3 is 2.71 bits per heavy atom. The van der Waals surface area contributed by atoms with Gasteiger partial charge in [-0.3, -0.25) is 9.69 Å². The van der Waals surface area contributed by atoms with E-state index < -0.39 is 0 Å². The highest BCUT2D eigenvalue weighted by Gasteiger charge is 2.21. The molecule has 5 nitrogen and oxygen atoms in total. The molecule has 0 spiro atoms. The summed E-state index contributed by atoms with van der Waals surface area (Å²) >= 11 is 10.7. The Morgan fingerprint density at radius 2 is 2.14 bits per heavy atom. The van der Waals surface area contributed by atoms with Crippen molar-refractivity contribution in [2.45, 2.75) is 18.9 Å². The van der Waals surface area contributed by atoms with E-state index in [2.05, 4.69) is 10.2 Å². The van der Waals surface area contributed by atoms with Crippen molar-refractivity contribution in [3.63, 3.8) is 0 Å². The molecule has 4 N–H and O–H groups in total. The van der Waals surface area contributed by atoms with Crippen LogP contribution >= 0.6 is 23.8 Å². The molecule has 2 rings (SSSR count). The number of thiocarbonyl (C=S) groups is 1. The smallest absolute Gasteiger partial charge is 0.251 e. The van der Waals surface area contributed by atoms with Gasteiger partial charge < -0.3 is 16.2 Å². The molecule has 0 aliphatic carbocycles. The molecule has 1 fully saturated rings. The summed E-state index contributed by atoms with van der Waals surface area (Å²) in [4.78, 5) is 14.8. The van der Waals surface area contributed by atoms with Gasteiger partial charge >= 0.3 is 0 Å². The van der Waals surface area contributed by atoms with Crippen molar-refractivity contribution in [2.75, 3.05) is 19.6 Å². The number of aromatic hydroxyl groups is 1.